The van der Waals surface area contributed by atoms with E-state index in [2.05, 4.69) is 9.78 Å². The van der Waals surface area contributed by atoms with Gasteiger partial charge < -0.3 is 20.4 Å². The molecule has 0 fully saturated rings. The van der Waals surface area contributed by atoms with Gasteiger partial charge in [0.25, 0.3) is 0 Å². The first-order valence-corrected chi connectivity index (χ1v) is 7.20. The molecule has 0 aromatic rings. The van der Waals surface area contributed by atoms with E-state index in [-0.39, 0.29) is 13.1 Å². The summed E-state index contributed by atoms with van der Waals surface area (Å²) >= 11 is 0. The van der Waals surface area contributed by atoms with Gasteiger partial charge in [0.05, 0.1) is 19.6 Å². The van der Waals surface area contributed by atoms with Crippen molar-refractivity contribution in [1.82, 2.24) is 9.80 Å². The summed E-state index contributed by atoms with van der Waals surface area (Å²) in [5.41, 5.74) is 0. The van der Waals surface area contributed by atoms with Crippen LogP contribution in [-0.2, 0) is 33.7 Å². The van der Waals surface area contributed by atoms with Crippen LogP contribution < -0.4 is 0 Å². The van der Waals surface area contributed by atoms with Crippen molar-refractivity contribution in [3.63, 3.8) is 0 Å². The van der Waals surface area contributed by atoms with Gasteiger partial charge in [-0.25, -0.2) is 19.4 Å². The minimum atomic E-state index is -1.53. The predicted molar refractivity (Wildman–Crippen MR) is 79.7 cm³/mol. The number of rotatable bonds is 12. The predicted octanol–water partition coefficient (Wildman–Crippen LogP) is -2.77. The maximum Gasteiger partial charge on any atom is 0.383 e. The van der Waals surface area contributed by atoms with Crippen molar-refractivity contribution in [2.75, 3.05) is 39.3 Å². The second kappa shape index (κ2) is 11.7. The minimum absolute atomic E-state index is 0.160. The molecule has 0 saturated heterocycles. The molecule has 0 aliphatic rings. The van der Waals surface area contributed by atoms with Gasteiger partial charge in [-0.1, -0.05) is 0 Å². The Morgan fingerprint density at radius 1 is 0.769 bits per heavy atom. The zero-order valence-corrected chi connectivity index (χ0v) is 13.9. The van der Waals surface area contributed by atoms with Gasteiger partial charge in [-0.2, -0.15) is 0 Å². The number of aliphatic carboxylic acids is 3. The lowest BCUT2D eigenvalue weighted by Crippen LogP contribution is -2.43. The van der Waals surface area contributed by atoms with Gasteiger partial charge in [-0.15, -0.1) is 0 Å². The van der Waals surface area contributed by atoms with Crippen LogP contribution in [0.4, 0.5) is 0 Å². The monoisotopic (exact) mass is 380 g/mol. The highest BCUT2D eigenvalue weighted by molar-refractivity contribution is 5.77. The fourth-order valence-corrected chi connectivity index (χ4v) is 1.65. The largest absolute Gasteiger partial charge is 0.480 e. The van der Waals surface area contributed by atoms with Crippen LogP contribution in [0.5, 0.6) is 0 Å². The van der Waals surface area contributed by atoms with Gasteiger partial charge in [-0.05, 0) is 6.92 Å². The van der Waals surface area contributed by atoms with Crippen LogP contribution in [0.25, 0.3) is 0 Å². The smallest absolute Gasteiger partial charge is 0.383 e. The van der Waals surface area contributed by atoms with Crippen LogP contribution in [-0.4, -0.2) is 105 Å². The molecule has 0 rings (SSSR count). The summed E-state index contributed by atoms with van der Waals surface area (Å²) in [7, 11) is 0. The summed E-state index contributed by atoms with van der Waals surface area (Å²) in [6, 6.07) is 0. The zero-order valence-electron chi connectivity index (χ0n) is 13.9. The van der Waals surface area contributed by atoms with Gasteiger partial charge in [0.2, 0.25) is 0 Å². The molecule has 0 aliphatic heterocycles. The molecular weight excluding hydrogens is 360 g/mol. The van der Waals surface area contributed by atoms with E-state index in [4.69, 9.17) is 20.4 Å². The molecule has 0 bridgehead atoms. The second-order valence-electron chi connectivity index (χ2n) is 5.14. The van der Waals surface area contributed by atoms with Gasteiger partial charge in [0.15, 0.2) is 6.10 Å². The molecule has 0 aliphatic carbocycles. The van der Waals surface area contributed by atoms with E-state index in [9.17, 15) is 24.0 Å². The SMILES string of the molecule is CC(O)C(=O)OOC(=O)CN(CCN(CC(=O)O)CC(=O)O)CC(=O)O. The third-order valence-corrected chi connectivity index (χ3v) is 2.72. The molecule has 0 heterocycles. The average molecular weight is 380 g/mol. The van der Waals surface area contributed by atoms with E-state index in [0.29, 0.717) is 0 Å². The van der Waals surface area contributed by atoms with E-state index >= 15 is 0 Å². The molecule has 0 amide bonds. The van der Waals surface area contributed by atoms with Gasteiger partial charge in [0, 0.05) is 13.1 Å². The lowest BCUT2D eigenvalue weighted by molar-refractivity contribution is -0.264. The Morgan fingerprint density at radius 3 is 1.50 bits per heavy atom. The summed E-state index contributed by atoms with van der Waals surface area (Å²) in [4.78, 5) is 65.0. The lowest BCUT2D eigenvalue weighted by atomic mass is 10.4. The van der Waals surface area contributed by atoms with Gasteiger partial charge in [0.1, 0.15) is 6.54 Å². The molecule has 0 aromatic carbocycles. The first-order valence-electron chi connectivity index (χ1n) is 7.20. The summed E-state index contributed by atoms with van der Waals surface area (Å²) in [5, 5.41) is 35.2. The van der Waals surface area contributed by atoms with Crippen LogP contribution in [0.2, 0.25) is 0 Å². The van der Waals surface area contributed by atoms with Crippen molar-refractivity contribution in [3.05, 3.63) is 0 Å². The highest BCUT2D eigenvalue weighted by Gasteiger charge is 2.21. The number of carbonyl (C=O) groups excluding carboxylic acids is 2. The fraction of sp³-hybridized carbons (Fsp3) is 0.615. The van der Waals surface area contributed by atoms with Crippen molar-refractivity contribution in [1.29, 1.82) is 0 Å². The first kappa shape index (κ1) is 23.2. The highest BCUT2D eigenvalue weighted by atomic mass is 17.2. The van der Waals surface area contributed by atoms with E-state index in [1.165, 1.54) is 0 Å². The van der Waals surface area contributed by atoms with Crippen molar-refractivity contribution < 1.29 is 54.2 Å². The van der Waals surface area contributed by atoms with Crippen LogP contribution >= 0.6 is 0 Å². The Kier molecular flexibility index (Phi) is 10.5. The van der Waals surface area contributed by atoms with E-state index < -0.39 is 62.1 Å². The van der Waals surface area contributed by atoms with Crippen LogP contribution in [0, 0.1) is 0 Å². The lowest BCUT2D eigenvalue weighted by Gasteiger charge is -2.23. The molecule has 148 valence electrons. The quantitative estimate of drug-likeness (QED) is 0.201. The molecule has 4 N–H and O–H groups in total. The maximum absolute atomic E-state index is 11.5. The number of aliphatic hydroxyl groups excluding tert-OH is 1. The Bertz CT molecular complexity index is 518. The molecule has 26 heavy (non-hydrogen) atoms. The molecule has 0 spiro atoms. The average Bonchev–Trinajstić information content (AvgIpc) is 2.48. The number of carboxylic acid groups (broad SMARTS) is 3. The third kappa shape index (κ3) is 11.7. The summed E-state index contributed by atoms with van der Waals surface area (Å²) in [6.45, 7) is -1.71. The van der Waals surface area contributed by atoms with Crippen LogP contribution in [0.15, 0.2) is 0 Å². The normalized spacial score (nSPS) is 11.8. The number of carboxylic acids is 3. The van der Waals surface area contributed by atoms with Crippen molar-refractivity contribution in [3.8, 4) is 0 Å². The topological polar surface area (TPSA) is 191 Å². The van der Waals surface area contributed by atoms with Crippen LogP contribution in [0.1, 0.15) is 6.92 Å². The van der Waals surface area contributed by atoms with Crippen molar-refractivity contribution in [2.24, 2.45) is 0 Å². The van der Waals surface area contributed by atoms with E-state index in [1.54, 1.807) is 0 Å². The van der Waals surface area contributed by atoms with Gasteiger partial charge in [-0.3, -0.25) is 24.2 Å². The fourth-order valence-electron chi connectivity index (χ4n) is 1.65. The molecule has 13 heteroatoms. The third-order valence-electron chi connectivity index (χ3n) is 2.72. The molecule has 1 unspecified atom stereocenters. The standard InChI is InChI=1S/C13H20N2O11/c1-8(16)13(24)26-25-12(23)7-15(6-11(21)22)3-2-14(4-9(17)18)5-10(19)20/h8,16H,2-7H2,1H3,(H,17,18)(H,19,20)(H,21,22). The molecule has 1 atom stereocenters. The summed E-state index contributed by atoms with van der Waals surface area (Å²) in [6.07, 6.45) is -1.53. The number of nitrogens with zero attached hydrogens (tertiary/aromatic N) is 2. The molecular formula is C13H20N2O11. The second-order valence-corrected chi connectivity index (χ2v) is 5.14. The van der Waals surface area contributed by atoms with Crippen LogP contribution in [0.3, 0.4) is 0 Å². The minimum Gasteiger partial charge on any atom is -0.480 e. The van der Waals surface area contributed by atoms with Crippen molar-refractivity contribution in [2.45, 2.75) is 13.0 Å². The van der Waals surface area contributed by atoms with Crippen molar-refractivity contribution >= 4 is 29.8 Å². The Morgan fingerprint density at radius 2 is 1.15 bits per heavy atom. The zero-order chi connectivity index (χ0) is 20.3. The highest BCUT2D eigenvalue weighted by Crippen LogP contribution is 1.97. The maximum atomic E-state index is 11.5. The molecule has 0 saturated carbocycles. The Balaban J connectivity index is 4.68. The Hall–Kier alpha value is -2.77. The molecule has 0 aromatic heterocycles. The summed E-state index contributed by atoms with van der Waals surface area (Å²) in [5.74, 6) is -6.22. The summed E-state index contributed by atoms with van der Waals surface area (Å²) < 4.78 is 0. The molecule has 13 nitrogen and oxygen atoms in total. The number of hydrogen-bond donors (Lipinski definition) is 4. The Labute approximate surface area is 147 Å². The number of hydrogen-bond acceptors (Lipinski definition) is 10. The first-order chi connectivity index (χ1) is 12.0. The molecule has 0 radical (unpaired) electrons. The number of aliphatic hydroxyl groups is 1. The number of carbonyl (C=O) groups is 5. The van der Waals surface area contributed by atoms with E-state index in [0.717, 1.165) is 16.7 Å². The van der Waals surface area contributed by atoms with Gasteiger partial charge >= 0.3 is 29.8 Å². The van der Waals surface area contributed by atoms with E-state index in [1.807, 2.05) is 0 Å².